The van der Waals surface area contributed by atoms with Crippen LogP contribution in [0.1, 0.15) is 61.0 Å². The highest BCUT2D eigenvalue weighted by molar-refractivity contribution is 7.12. The number of aliphatic hydroxyl groups excluding tert-OH is 1. The number of dihydropyridines is 1. The van der Waals surface area contributed by atoms with Gasteiger partial charge >= 0.3 is 0 Å². The van der Waals surface area contributed by atoms with Gasteiger partial charge in [-0.3, -0.25) is 14.6 Å². The van der Waals surface area contributed by atoms with Crippen molar-refractivity contribution in [2.24, 2.45) is 17.0 Å². The van der Waals surface area contributed by atoms with Crippen LogP contribution in [0, 0.1) is 24.3 Å². The van der Waals surface area contributed by atoms with E-state index in [1.807, 2.05) is 0 Å². The molecule has 2 aliphatic rings. The average Bonchev–Trinajstić information content (AvgIpc) is 3.56. The lowest BCUT2D eigenvalue weighted by atomic mass is 9.92. The molecule has 11 heteroatoms. The van der Waals surface area contributed by atoms with E-state index in [0.29, 0.717) is 34.2 Å². The Morgan fingerprint density at radius 2 is 2.08 bits per heavy atom. The number of aliphatic hydroxyl groups is 1. The molecule has 0 radical (unpaired) electrons. The zero-order valence-electron chi connectivity index (χ0n) is 21.6. The number of hydrogen-bond donors (Lipinski definition) is 5. The van der Waals surface area contributed by atoms with Crippen LogP contribution >= 0.6 is 11.3 Å². The predicted molar refractivity (Wildman–Crippen MR) is 147 cm³/mol. The van der Waals surface area contributed by atoms with E-state index in [9.17, 15) is 14.7 Å². The molecular formula is C27H33N7O3S. The molecule has 3 heterocycles. The van der Waals surface area contributed by atoms with E-state index in [1.165, 1.54) is 30.6 Å². The SMILES string of the molecule is Cc1ncc(NC(=O)CCCC2CCC[C@@H]2C)cc1NC(=O)/C(N=N)=C1\C=CC(c2cnc(CO)s2)=CN1. The van der Waals surface area contributed by atoms with Crippen molar-refractivity contribution in [3.05, 3.63) is 63.8 Å². The zero-order chi connectivity index (χ0) is 27.1. The monoisotopic (exact) mass is 535 g/mol. The normalized spacial score (nSPS) is 19.9. The minimum absolute atomic E-state index is 0.0753. The standard InChI is InChI=1S/C27H33N7O3S/c1-16-5-3-6-18(16)7-4-8-24(36)32-20-11-22(17(2)29-13-20)33-27(37)26(34-28)21-10-9-19(12-30-21)23-14-31-25(15-35)38-23/h9-14,16,18,28,30,35H,3-8,15H2,1-2H3,(H,32,36)(H,33,37)/b26-21-,34-28?/t16-,18?/m0/s1. The number of carbonyl (C=O) groups excluding carboxylic acids is 2. The van der Waals surface area contributed by atoms with Crippen molar-refractivity contribution in [3.63, 3.8) is 0 Å². The number of aromatic nitrogens is 2. The van der Waals surface area contributed by atoms with E-state index in [2.05, 4.69) is 38.0 Å². The lowest BCUT2D eigenvalue weighted by Crippen LogP contribution is -2.20. The summed E-state index contributed by atoms with van der Waals surface area (Å²) in [6.07, 6.45) is 14.6. The number of allylic oxidation sites excluding steroid dienone is 3. The predicted octanol–water partition coefficient (Wildman–Crippen LogP) is 5.27. The van der Waals surface area contributed by atoms with Gasteiger partial charge in [-0.2, -0.15) is 5.11 Å². The van der Waals surface area contributed by atoms with Crippen molar-refractivity contribution in [2.45, 2.75) is 59.0 Å². The molecule has 200 valence electrons. The van der Waals surface area contributed by atoms with E-state index < -0.39 is 5.91 Å². The fourth-order valence-corrected chi connectivity index (χ4v) is 5.56. The summed E-state index contributed by atoms with van der Waals surface area (Å²) in [5.41, 5.74) is 10.1. The van der Waals surface area contributed by atoms with Crippen LogP contribution in [0.15, 0.2) is 53.3 Å². The van der Waals surface area contributed by atoms with Gasteiger partial charge in [0.05, 0.1) is 40.4 Å². The summed E-state index contributed by atoms with van der Waals surface area (Å²) in [6.45, 7) is 3.92. The highest BCUT2D eigenvalue weighted by Gasteiger charge is 2.23. The van der Waals surface area contributed by atoms with Gasteiger partial charge in [-0.1, -0.05) is 26.2 Å². The van der Waals surface area contributed by atoms with Gasteiger partial charge in [0.15, 0.2) is 5.70 Å². The molecule has 2 aromatic rings. The number of amides is 2. The Morgan fingerprint density at radius 3 is 2.74 bits per heavy atom. The third-order valence-corrected chi connectivity index (χ3v) is 8.04. The molecule has 0 aromatic carbocycles. The smallest absolute Gasteiger partial charge is 0.278 e. The topological polar surface area (TPSA) is 152 Å². The second kappa shape index (κ2) is 12.7. The third-order valence-electron chi connectivity index (χ3n) is 7.00. The fraction of sp³-hybridized carbons (Fsp3) is 0.407. The molecule has 4 rings (SSSR count). The number of hydrogen-bond acceptors (Lipinski definition) is 9. The van der Waals surface area contributed by atoms with E-state index in [0.717, 1.165) is 35.1 Å². The van der Waals surface area contributed by atoms with Crippen molar-refractivity contribution in [1.29, 1.82) is 5.53 Å². The summed E-state index contributed by atoms with van der Waals surface area (Å²) < 4.78 is 0. The first kappa shape index (κ1) is 27.3. The van der Waals surface area contributed by atoms with Gasteiger partial charge in [-0.25, -0.2) is 10.5 Å². The van der Waals surface area contributed by atoms with Crippen molar-refractivity contribution in [1.82, 2.24) is 15.3 Å². The molecule has 2 atom stereocenters. The van der Waals surface area contributed by atoms with E-state index >= 15 is 0 Å². The van der Waals surface area contributed by atoms with Crippen LogP contribution in [0.3, 0.4) is 0 Å². The summed E-state index contributed by atoms with van der Waals surface area (Å²) in [6, 6.07) is 1.66. The van der Waals surface area contributed by atoms with E-state index in [4.69, 9.17) is 5.53 Å². The summed E-state index contributed by atoms with van der Waals surface area (Å²) in [5, 5.41) is 21.9. The van der Waals surface area contributed by atoms with E-state index in [-0.39, 0.29) is 18.2 Å². The summed E-state index contributed by atoms with van der Waals surface area (Å²) in [7, 11) is 0. The highest BCUT2D eigenvalue weighted by Crippen LogP contribution is 2.34. The number of thiazole rings is 1. The maximum absolute atomic E-state index is 13.0. The summed E-state index contributed by atoms with van der Waals surface area (Å²) in [5.74, 6) is 0.813. The van der Waals surface area contributed by atoms with Crippen LogP contribution in [-0.4, -0.2) is 26.9 Å². The number of rotatable bonds is 10. The third kappa shape index (κ3) is 6.78. The minimum atomic E-state index is -0.580. The molecule has 1 saturated carbocycles. The molecular weight excluding hydrogens is 502 g/mol. The van der Waals surface area contributed by atoms with Crippen LogP contribution in [-0.2, 0) is 16.2 Å². The highest BCUT2D eigenvalue weighted by atomic mass is 32.1. The molecule has 10 nitrogen and oxygen atoms in total. The Kier molecular flexibility index (Phi) is 9.14. The number of nitrogens with one attached hydrogen (secondary N) is 4. The van der Waals surface area contributed by atoms with Gasteiger partial charge in [-0.15, -0.1) is 11.3 Å². The molecule has 1 aliphatic carbocycles. The number of nitrogens with zero attached hydrogens (tertiary/aromatic N) is 3. The van der Waals surface area contributed by atoms with Gasteiger partial charge < -0.3 is 21.1 Å². The molecule has 0 bridgehead atoms. The Balaban J connectivity index is 1.36. The first-order chi connectivity index (χ1) is 18.4. The van der Waals surface area contributed by atoms with Gasteiger partial charge in [0.1, 0.15) is 5.01 Å². The molecule has 1 unspecified atom stereocenters. The molecule has 0 saturated heterocycles. The van der Waals surface area contributed by atoms with Gasteiger partial charge in [0.2, 0.25) is 5.91 Å². The molecule has 38 heavy (non-hydrogen) atoms. The van der Waals surface area contributed by atoms with Gasteiger partial charge in [0, 0.05) is 24.4 Å². The van der Waals surface area contributed by atoms with Crippen molar-refractivity contribution in [2.75, 3.05) is 10.6 Å². The largest absolute Gasteiger partial charge is 0.389 e. The Morgan fingerprint density at radius 1 is 1.24 bits per heavy atom. The van der Waals surface area contributed by atoms with Gasteiger partial charge in [-0.05, 0) is 49.8 Å². The Hall–Kier alpha value is -3.70. The lowest BCUT2D eigenvalue weighted by Gasteiger charge is -2.15. The number of anilines is 2. The van der Waals surface area contributed by atoms with Crippen molar-refractivity contribution >= 4 is 40.1 Å². The van der Waals surface area contributed by atoms with Gasteiger partial charge in [0.25, 0.3) is 5.91 Å². The first-order valence-corrected chi connectivity index (χ1v) is 13.6. The second-order valence-electron chi connectivity index (χ2n) is 9.65. The summed E-state index contributed by atoms with van der Waals surface area (Å²) >= 11 is 1.37. The van der Waals surface area contributed by atoms with Crippen LogP contribution < -0.4 is 16.0 Å². The molecule has 5 N–H and O–H groups in total. The fourth-order valence-electron chi connectivity index (χ4n) is 4.78. The molecule has 0 spiro atoms. The van der Waals surface area contributed by atoms with Crippen LogP contribution in [0.5, 0.6) is 0 Å². The molecule has 2 aromatic heterocycles. The number of carbonyl (C=O) groups is 2. The molecule has 1 aliphatic heterocycles. The Bertz CT molecular complexity index is 1300. The van der Waals surface area contributed by atoms with Crippen LogP contribution in [0.4, 0.5) is 11.4 Å². The molecule has 1 fully saturated rings. The van der Waals surface area contributed by atoms with E-state index in [1.54, 1.807) is 43.7 Å². The maximum Gasteiger partial charge on any atom is 0.278 e. The van der Waals surface area contributed by atoms with Crippen LogP contribution in [0.2, 0.25) is 0 Å². The lowest BCUT2D eigenvalue weighted by molar-refractivity contribution is -0.116. The minimum Gasteiger partial charge on any atom is -0.389 e. The summed E-state index contributed by atoms with van der Waals surface area (Å²) in [4.78, 5) is 34.8. The first-order valence-electron chi connectivity index (χ1n) is 12.8. The second-order valence-corrected chi connectivity index (χ2v) is 10.8. The quantitative estimate of drug-likeness (QED) is 0.206. The Labute approximate surface area is 225 Å². The average molecular weight is 536 g/mol. The maximum atomic E-state index is 13.0. The molecule has 2 amide bonds. The zero-order valence-corrected chi connectivity index (χ0v) is 22.4. The van der Waals surface area contributed by atoms with Crippen molar-refractivity contribution in [3.8, 4) is 0 Å². The van der Waals surface area contributed by atoms with Crippen molar-refractivity contribution < 1.29 is 14.7 Å². The van der Waals surface area contributed by atoms with Crippen LogP contribution in [0.25, 0.3) is 5.57 Å². The number of pyridine rings is 1. The number of aryl methyl sites for hydroxylation is 1.